The highest BCUT2D eigenvalue weighted by Gasteiger charge is 2.23. The van der Waals surface area contributed by atoms with Crippen LogP contribution in [0.1, 0.15) is 30.7 Å². The second-order valence-electron chi connectivity index (χ2n) is 8.25. The molecule has 0 aliphatic carbocycles. The summed E-state index contributed by atoms with van der Waals surface area (Å²) >= 11 is 0. The lowest BCUT2D eigenvalue weighted by Gasteiger charge is -2.24. The van der Waals surface area contributed by atoms with E-state index in [1.165, 1.54) is 5.56 Å². The van der Waals surface area contributed by atoms with Gasteiger partial charge in [-0.15, -0.1) is 0 Å². The maximum Gasteiger partial charge on any atom is 0.227 e. The van der Waals surface area contributed by atoms with Crippen LogP contribution in [0.4, 0.5) is 0 Å². The molecule has 0 saturated heterocycles. The van der Waals surface area contributed by atoms with E-state index in [9.17, 15) is 5.11 Å². The summed E-state index contributed by atoms with van der Waals surface area (Å²) in [4.78, 5) is 2.25. The molecule has 0 unspecified atom stereocenters. The summed E-state index contributed by atoms with van der Waals surface area (Å²) in [6.07, 6.45) is 0.343. The summed E-state index contributed by atoms with van der Waals surface area (Å²) in [5.74, 6) is 1.48. The molecule has 0 aliphatic heterocycles. The van der Waals surface area contributed by atoms with Crippen molar-refractivity contribution >= 4 is 0 Å². The fourth-order valence-electron chi connectivity index (χ4n) is 3.99. The Labute approximate surface area is 195 Å². The first-order valence-electron chi connectivity index (χ1n) is 11.5. The largest absolute Gasteiger partial charge is 0.439 e. The first-order chi connectivity index (χ1) is 16.1. The van der Waals surface area contributed by atoms with Gasteiger partial charge >= 0.3 is 0 Å². The van der Waals surface area contributed by atoms with Crippen LogP contribution >= 0.6 is 0 Å². The molecule has 0 spiro atoms. The molecule has 1 heterocycles. The number of nitrogens with zero attached hydrogens (tertiary/aromatic N) is 3. The zero-order valence-electron chi connectivity index (χ0n) is 19.3. The number of rotatable bonds is 10. The predicted molar refractivity (Wildman–Crippen MR) is 132 cm³/mol. The Morgan fingerprint density at radius 3 is 2.09 bits per heavy atom. The molecule has 5 nitrogen and oxygen atoms in total. The van der Waals surface area contributed by atoms with E-state index in [1.54, 1.807) is 0 Å². The number of hydrogen-bond donors (Lipinski definition) is 1. The smallest absolute Gasteiger partial charge is 0.227 e. The van der Waals surface area contributed by atoms with Crippen LogP contribution in [0, 0.1) is 0 Å². The van der Waals surface area contributed by atoms with Crippen molar-refractivity contribution in [2.75, 3.05) is 6.54 Å². The zero-order chi connectivity index (χ0) is 23.0. The number of hydrogen-bond acceptors (Lipinski definition) is 4. The van der Waals surface area contributed by atoms with Gasteiger partial charge in [0.2, 0.25) is 5.88 Å². The van der Waals surface area contributed by atoms with Gasteiger partial charge in [-0.05, 0) is 43.2 Å². The van der Waals surface area contributed by atoms with E-state index in [0.29, 0.717) is 19.0 Å². The molecule has 3 aromatic carbocycles. The standard InChI is InChI=1S/C28H31N3O2/c1-3-27-26(21-30(19-22(2)32)20-23-13-7-4-8-14-23)28(33-25-17-11-6-12-18-25)31(29-27)24-15-9-5-10-16-24/h4-18,22,32H,3,19-21H2,1-2H3/t22-/m1/s1. The molecule has 5 heteroatoms. The van der Waals surface area contributed by atoms with Gasteiger partial charge in [-0.1, -0.05) is 73.7 Å². The monoisotopic (exact) mass is 441 g/mol. The zero-order valence-corrected chi connectivity index (χ0v) is 19.3. The van der Waals surface area contributed by atoms with Crippen molar-refractivity contribution in [1.82, 2.24) is 14.7 Å². The van der Waals surface area contributed by atoms with Crippen LogP contribution in [0.15, 0.2) is 91.0 Å². The van der Waals surface area contributed by atoms with E-state index >= 15 is 0 Å². The molecule has 0 amide bonds. The molecule has 0 saturated carbocycles. The Morgan fingerprint density at radius 1 is 0.879 bits per heavy atom. The number of aryl methyl sites for hydroxylation is 1. The summed E-state index contributed by atoms with van der Waals surface area (Å²) in [7, 11) is 0. The van der Waals surface area contributed by atoms with Crippen molar-refractivity contribution in [2.45, 2.75) is 39.5 Å². The highest BCUT2D eigenvalue weighted by molar-refractivity contribution is 5.43. The number of aliphatic hydroxyl groups is 1. The van der Waals surface area contributed by atoms with Gasteiger partial charge in [0.15, 0.2) is 0 Å². The second-order valence-corrected chi connectivity index (χ2v) is 8.25. The van der Waals surface area contributed by atoms with Gasteiger partial charge in [0.05, 0.1) is 23.0 Å². The molecule has 1 atom stereocenters. The maximum absolute atomic E-state index is 10.2. The molecule has 33 heavy (non-hydrogen) atoms. The summed E-state index contributed by atoms with van der Waals surface area (Å²) in [5.41, 5.74) is 4.20. The Kier molecular flexibility index (Phi) is 7.55. The minimum absolute atomic E-state index is 0.443. The van der Waals surface area contributed by atoms with Crippen molar-refractivity contribution in [3.63, 3.8) is 0 Å². The molecule has 0 bridgehead atoms. The highest BCUT2D eigenvalue weighted by atomic mass is 16.5. The fraction of sp³-hybridized carbons (Fsp3) is 0.250. The molecule has 0 aliphatic rings. The lowest BCUT2D eigenvalue weighted by Crippen LogP contribution is -2.30. The van der Waals surface area contributed by atoms with E-state index in [-0.39, 0.29) is 0 Å². The van der Waals surface area contributed by atoms with Crippen LogP contribution in [0.3, 0.4) is 0 Å². The predicted octanol–water partition coefficient (Wildman–Crippen LogP) is 5.61. The molecular weight excluding hydrogens is 410 g/mol. The van der Waals surface area contributed by atoms with Crippen LogP contribution < -0.4 is 4.74 Å². The Hall–Kier alpha value is -3.41. The lowest BCUT2D eigenvalue weighted by atomic mass is 10.1. The van der Waals surface area contributed by atoms with Crippen molar-refractivity contribution in [3.8, 4) is 17.3 Å². The third-order valence-electron chi connectivity index (χ3n) is 5.47. The number of aliphatic hydroxyl groups excluding tert-OH is 1. The van der Waals surface area contributed by atoms with Gasteiger partial charge in [-0.25, -0.2) is 4.68 Å². The molecule has 170 valence electrons. The molecule has 4 rings (SSSR count). The van der Waals surface area contributed by atoms with E-state index in [0.717, 1.165) is 35.7 Å². The summed E-state index contributed by atoms with van der Waals surface area (Å²) in [5, 5.41) is 15.1. The minimum atomic E-state index is -0.443. The molecule has 4 aromatic rings. The fourth-order valence-corrected chi connectivity index (χ4v) is 3.99. The number of aromatic nitrogens is 2. The van der Waals surface area contributed by atoms with Crippen LogP contribution in [0.2, 0.25) is 0 Å². The highest BCUT2D eigenvalue weighted by Crippen LogP contribution is 2.32. The molecule has 1 N–H and O–H groups in total. The van der Waals surface area contributed by atoms with E-state index < -0.39 is 6.10 Å². The van der Waals surface area contributed by atoms with Gasteiger partial charge in [0.1, 0.15) is 5.75 Å². The number of ether oxygens (including phenoxy) is 1. The third-order valence-corrected chi connectivity index (χ3v) is 5.47. The first kappa shape index (κ1) is 22.8. The summed E-state index contributed by atoms with van der Waals surface area (Å²) < 4.78 is 8.34. The van der Waals surface area contributed by atoms with Crippen LogP contribution in [0.25, 0.3) is 5.69 Å². The molecule has 1 aromatic heterocycles. The summed E-state index contributed by atoms with van der Waals surface area (Å²) in [6.45, 7) is 5.85. The quantitative estimate of drug-likeness (QED) is 0.348. The summed E-state index contributed by atoms with van der Waals surface area (Å²) in [6, 6.07) is 30.2. The topological polar surface area (TPSA) is 50.5 Å². The van der Waals surface area contributed by atoms with Gasteiger partial charge < -0.3 is 9.84 Å². The van der Waals surface area contributed by atoms with E-state index in [1.807, 2.05) is 90.5 Å². The average molecular weight is 442 g/mol. The van der Waals surface area contributed by atoms with Crippen molar-refractivity contribution in [2.24, 2.45) is 0 Å². The van der Waals surface area contributed by atoms with Crippen LogP contribution in [0.5, 0.6) is 11.6 Å². The number of benzene rings is 3. The van der Waals surface area contributed by atoms with E-state index in [2.05, 4.69) is 24.0 Å². The van der Waals surface area contributed by atoms with Crippen LogP contribution in [-0.2, 0) is 19.5 Å². The molecular formula is C28H31N3O2. The van der Waals surface area contributed by atoms with Crippen LogP contribution in [-0.4, -0.2) is 32.4 Å². The van der Waals surface area contributed by atoms with Crippen molar-refractivity contribution in [1.29, 1.82) is 0 Å². The van der Waals surface area contributed by atoms with Gasteiger partial charge in [0.25, 0.3) is 0 Å². The van der Waals surface area contributed by atoms with Crippen molar-refractivity contribution in [3.05, 3.63) is 108 Å². The second kappa shape index (κ2) is 10.9. The van der Waals surface area contributed by atoms with Gasteiger partial charge in [-0.3, -0.25) is 4.90 Å². The third kappa shape index (κ3) is 5.89. The first-order valence-corrected chi connectivity index (χ1v) is 11.5. The molecule has 0 fully saturated rings. The van der Waals surface area contributed by atoms with Gasteiger partial charge in [-0.2, -0.15) is 5.10 Å². The van der Waals surface area contributed by atoms with Gasteiger partial charge in [0, 0.05) is 19.6 Å². The Bertz CT molecular complexity index is 1130. The number of para-hydroxylation sites is 2. The normalized spacial score (nSPS) is 12.1. The average Bonchev–Trinajstić information content (AvgIpc) is 3.17. The maximum atomic E-state index is 10.2. The Balaban J connectivity index is 1.75. The van der Waals surface area contributed by atoms with E-state index in [4.69, 9.17) is 9.84 Å². The molecule has 0 radical (unpaired) electrons. The Morgan fingerprint density at radius 2 is 1.48 bits per heavy atom. The minimum Gasteiger partial charge on any atom is -0.439 e. The SMILES string of the molecule is CCc1nn(-c2ccccc2)c(Oc2ccccc2)c1CN(Cc1ccccc1)C[C@@H](C)O. The lowest BCUT2D eigenvalue weighted by molar-refractivity contribution is 0.117. The van der Waals surface area contributed by atoms with Crippen molar-refractivity contribution < 1.29 is 9.84 Å².